The minimum Gasteiger partial charge on any atom is -0.493 e. The van der Waals surface area contributed by atoms with E-state index in [0.29, 0.717) is 39.3 Å². The average Bonchev–Trinajstić information content (AvgIpc) is 2.61. The maximum Gasteiger partial charge on any atom is 0.163 e. The van der Waals surface area contributed by atoms with Gasteiger partial charge in [-0.2, -0.15) is 0 Å². The highest BCUT2D eigenvalue weighted by Gasteiger charge is 2.14. The number of hydrogen-bond donors (Lipinski definition) is 0. The SMILES string of the molecule is C=CCOc1cc2c([N]c3ccc(Br)cc3F)ncnc2cc1OC. The summed E-state index contributed by atoms with van der Waals surface area (Å²) in [7, 11) is 1.55. The Bertz CT molecular complexity index is 934. The molecule has 0 N–H and O–H groups in total. The second-order valence-electron chi connectivity index (χ2n) is 5.02. The van der Waals surface area contributed by atoms with E-state index >= 15 is 0 Å². The summed E-state index contributed by atoms with van der Waals surface area (Å²) in [6, 6.07) is 8.10. The monoisotopic (exact) mass is 402 g/mol. The molecule has 0 amide bonds. The Balaban J connectivity index is 2.06. The molecule has 2 aromatic carbocycles. The van der Waals surface area contributed by atoms with Gasteiger partial charge in [-0.3, -0.25) is 0 Å². The van der Waals surface area contributed by atoms with Crippen LogP contribution >= 0.6 is 15.9 Å². The molecule has 127 valence electrons. The first-order valence-corrected chi connectivity index (χ1v) is 8.15. The summed E-state index contributed by atoms with van der Waals surface area (Å²) in [5.74, 6) is 0.946. The molecule has 0 aliphatic carbocycles. The molecule has 0 atom stereocenters. The van der Waals surface area contributed by atoms with Crippen LogP contribution in [0, 0.1) is 5.82 Å². The fourth-order valence-corrected chi connectivity index (χ4v) is 2.58. The van der Waals surface area contributed by atoms with Crippen molar-refractivity contribution in [1.82, 2.24) is 15.3 Å². The van der Waals surface area contributed by atoms with Gasteiger partial charge >= 0.3 is 0 Å². The highest BCUT2D eigenvalue weighted by atomic mass is 79.9. The van der Waals surface area contributed by atoms with E-state index in [4.69, 9.17) is 9.47 Å². The van der Waals surface area contributed by atoms with Gasteiger partial charge in [0, 0.05) is 15.9 Å². The highest BCUT2D eigenvalue weighted by molar-refractivity contribution is 9.10. The molecule has 0 fully saturated rings. The number of hydrogen-bond acceptors (Lipinski definition) is 4. The Morgan fingerprint density at radius 2 is 2.08 bits per heavy atom. The van der Waals surface area contributed by atoms with Crippen molar-refractivity contribution in [3.63, 3.8) is 0 Å². The molecule has 0 aliphatic rings. The van der Waals surface area contributed by atoms with Crippen molar-refractivity contribution in [3.8, 4) is 11.5 Å². The van der Waals surface area contributed by atoms with E-state index in [-0.39, 0.29) is 5.69 Å². The third-order valence-electron chi connectivity index (χ3n) is 3.39. The topological polar surface area (TPSA) is 58.3 Å². The molecule has 1 radical (unpaired) electrons. The molecule has 0 unspecified atom stereocenters. The van der Waals surface area contributed by atoms with Crippen LogP contribution in [0.2, 0.25) is 0 Å². The zero-order chi connectivity index (χ0) is 17.8. The quantitative estimate of drug-likeness (QED) is 0.562. The molecule has 0 spiro atoms. The van der Waals surface area contributed by atoms with Crippen molar-refractivity contribution in [3.05, 3.63) is 59.6 Å². The summed E-state index contributed by atoms with van der Waals surface area (Å²) in [5, 5.41) is 4.95. The molecule has 1 aromatic heterocycles. The maximum atomic E-state index is 14.1. The van der Waals surface area contributed by atoms with Crippen LogP contribution in [0.5, 0.6) is 11.5 Å². The van der Waals surface area contributed by atoms with Gasteiger partial charge in [0.2, 0.25) is 0 Å². The number of nitrogens with zero attached hydrogens (tertiary/aromatic N) is 3. The van der Waals surface area contributed by atoms with E-state index in [1.165, 1.54) is 12.4 Å². The van der Waals surface area contributed by atoms with Gasteiger partial charge in [0.05, 0.1) is 12.6 Å². The predicted octanol–water partition coefficient (Wildman–Crippen LogP) is 4.67. The van der Waals surface area contributed by atoms with Gasteiger partial charge in [0.15, 0.2) is 17.3 Å². The number of halogens is 2. The molecule has 5 nitrogen and oxygen atoms in total. The largest absolute Gasteiger partial charge is 0.493 e. The minimum atomic E-state index is -0.447. The fraction of sp³-hybridized carbons (Fsp3) is 0.111. The molecule has 0 aliphatic heterocycles. The molecule has 0 saturated heterocycles. The molecule has 0 bridgehead atoms. The van der Waals surface area contributed by atoms with E-state index in [1.807, 2.05) is 0 Å². The van der Waals surface area contributed by atoms with Crippen LogP contribution in [0.4, 0.5) is 15.9 Å². The van der Waals surface area contributed by atoms with Gasteiger partial charge in [-0.15, -0.1) is 0 Å². The first-order valence-electron chi connectivity index (χ1n) is 7.35. The van der Waals surface area contributed by atoms with E-state index in [1.54, 1.807) is 37.5 Å². The van der Waals surface area contributed by atoms with E-state index in [2.05, 4.69) is 37.8 Å². The lowest BCUT2D eigenvalue weighted by atomic mass is 10.2. The highest BCUT2D eigenvalue weighted by Crippen LogP contribution is 2.35. The average molecular weight is 403 g/mol. The summed E-state index contributed by atoms with van der Waals surface area (Å²) in [4.78, 5) is 8.39. The Labute approximate surface area is 152 Å². The van der Waals surface area contributed by atoms with Crippen molar-refractivity contribution in [2.45, 2.75) is 0 Å². The lowest BCUT2D eigenvalue weighted by Crippen LogP contribution is -2.00. The summed E-state index contributed by atoms with van der Waals surface area (Å²) in [5.41, 5.74) is 0.807. The molecule has 7 heteroatoms. The van der Waals surface area contributed by atoms with Crippen molar-refractivity contribution in [1.29, 1.82) is 0 Å². The van der Waals surface area contributed by atoms with Crippen LogP contribution in [0.25, 0.3) is 10.9 Å². The van der Waals surface area contributed by atoms with Gasteiger partial charge in [-0.05, 0) is 24.3 Å². The van der Waals surface area contributed by atoms with E-state index < -0.39 is 5.82 Å². The summed E-state index contributed by atoms with van der Waals surface area (Å²) in [6.07, 6.45) is 3.01. The molecule has 0 saturated carbocycles. The Morgan fingerprint density at radius 3 is 2.80 bits per heavy atom. The molecule has 1 heterocycles. The van der Waals surface area contributed by atoms with Crippen molar-refractivity contribution < 1.29 is 13.9 Å². The second-order valence-corrected chi connectivity index (χ2v) is 5.94. The van der Waals surface area contributed by atoms with Crippen LogP contribution in [-0.4, -0.2) is 23.7 Å². The summed E-state index contributed by atoms with van der Waals surface area (Å²) in [6.45, 7) is 3.95. The van der Waals surface area contributed by atoms with Crippen LogP contribution in [0.3, 0.4) is 0 Å². The van der Waals surface area contributed by atoms with Gasteiger partial charge in [0.25, 0.3) is 0 Å². The lowest BCUT2D eigenvalue weighted by molar-refractivity contribution is 0.327. The summed E-state index contributed by atoms with van der Waals surface area (Å²) < 4.78 is 25.7. The molecular weight excluding hydrogens is 389 g/mol. The first kappa shape index (κ1) is 17.2. The van der Waals surface area contributed by atoms with E-state index in [9.17, 15) is 4.39 Å². The maximum absolute atomic E-state index is 14.1. The van der Waals surface area contributed by atoms with Gasteiger partial charge in [0.1, 0.15) is 24.4 Å². The zero-order valence-electron chi connectivity index (χ0n) is 13.4. The van der Waals surface area contributed by atoms with Crippen molar-refractivity contribution in [2.75, 3.05) is 13.7 Å². The molecular formula is C18H14BrFN3O2. The minimum absolute atomic E-state index is 0.188. The number of aromatic nitrogens is 2. The third kappa shape index (κ3) is 3.71. The van der Waals surface area contributed by atoms with Gasteiger partial charge in [-0.1, -0.05) is 28.6 Å². The van der Waals surface area contributed by atoms with E-state index in [0.717, 1.165) is 0 Å². The van der Waals surface area contributed by atoms with Crippen molar-refractivity contribution >= 4 is 38.3 Å². The van der Waals surface area contributed by atoms with Crippen molar-refractivity contribution in [2.24, 2.45) is 0 Å². The second kappa shape index (κ2) is 7.48. The number of methoxy groups -OCH3 is 1. The van der Waals surface area contributed by atoms with Crippen LogP contribution in [0.1, 0.15) is 0 Å². The molecule has 3 rings (SSSR count). The third-order valence-corrected chi connectivity index (χ3v) is 3.89. The Hall–Kier alpha value is -2.67. The predicted molar refractivity (Wildman–Crippen MR) is 97.3 cm³/mol. The first-order chi connectivity index (χ1) is 12.1. The van der Waals surface area contributed by atoms with Crippen LogP contribution < -0.4 is 14.8 Å². The molecule has 25 heavy (non-hydrogen) atoms. The van der Waals surface area contributed by atoms with Crippen LogP contribution in [-0.2, 0) is 0 Å². The van der Waals surface area contributed by atoms with Gasteiger partial charge < -0.3 is 9.47 Å². The fourth-order valence-electron chi connectivity index (χ4n) is 2.25. The number of fused-ring (bicyclic) bond motifs is 1. The number of ether oxygens (including phenoxy) is 2. The van der Waals surface area contributed by atoms with Crippen LogP contribution in [0.15, 0.2) is 53.8 Å². The zero-order valence-corrected chi connectivity index (χ0v) is 15.0. The standard InChI is InChI=1S/C18H14BrFN3O2/c1-3-6-25-17-8-12-15(9-16(17)24-2)21-10-22-18(12)23-14-5-4-11(19)7-13(14)20/h3-5,7-10H,1,6H2,2H3. The van der Waals surface area contributed by atoms with Gasteiger partial charge in [-0.25, -0.2) is 19.7 Å². The Morgan fingerprint density at radius 1 is 1.24 bits per heavy atom. The molecule has 3 aromatic rings. The number of rotatable bonds is 6. The summed E-state index contributed by atoms with van der Waals surface area (Å²) >= 11 is 3.23. The smallest absolute Gasteiger partial charge is 0.163 e. The Kier molecular flexibility index (Phi) is 5.14. The number of benzene rings is 2. The normalized spacial score (nSPS) is 10.5. The lowest BCUT2D eigenvalue weighted by Gasteiger charge is -2.12.